The van der Waals surface area contributed by atoms with Crippen LogP contribution < -0.4 is 10.6 Å². The van der Waals surface area contributed by atoms with E-state index in [-0.39, 0.29) is 29.4 Å². The fourth-order valence-electron chi connectivity index (χ4n) is 3.32. The molecule has 0 aromatic heterocycles. The molecule has 4 nitrogen and oxygen atoms in total. The van der Waals surface area contributed by atoms with E-state index < -0.39 is 0 Å². The minimum atomic E-state index is 0. The number of nitrogens with zero attached hydrogens (tertiary/aromatic N) is 1. The Morgan fingerprint density at radius 3 is 2.50 bits per heavy atom. The number of halogens is 1. The first-order valence-corrected chi connectivity index (χ1v) is 7.49. The maximum absolute atomic E-state index is 5.83. The smallest absolute Gasteiger partial charge is 0.191 e. The maximum atomic E-state index is 5.83. The highest BCUT2D eigenvalue weighted by Gasteiger charge is 2.59. The first-order chi connectivity index (χ1) is 8.87. The predicted octanol–water partition coefficient (Wildman–Crippen LogP) is 2.63. The minimum absolute atomic E-state index is 0. The molecule has 2 rings (SSSR count). The Hall–Kier alpha value is -0.0400. The van der Waals surface area contributed by atoms with E-state index in [2.05, 4.69) is 50.2 Å². The lowest BCUT2D eigenvalue weighted by molar-refractivity contribution is -0.106. The van der Waals surface area contributed by atoms with Crippen molar-refractivity contribution in [3.05, 3.63) is 0 Å². The Morgan fingerprint density at radius 1 is 1.30 bits per heavy atom. The van der Waals surface area contributed by atoms with Gasteiger partial charge in [-0.1, -0.05) is 27.7 Å². The molecular formula is C15H30IN3O. The van der Waals surface area contributed by atoms with Gasteiger partial charge in [0, 0.05) is 37.1 Å². The average Bonchev–Trinajstić information content (AvgIpc) is 2.80. The van der Waals surface area contributed by atoms with Crippen LogP contribution in [0.2, 0.25) is 0 Å². The summed E-state index contributed by atoms with van der Waals surface area (Å²) in [5.41, 5.74) is 0.194. The largest absolute Gasteiger partial charge is 0.377 e. The fourth-order valence-corrected chi connectivity index (χ4v) is 3.32. The summed E-state index contributed by atoms with van der Waals surface area (Å²) in [4.78, 5) is 4.37. The Labute approximate surface area is 140 Å². The monoisotopic (exact) mass is 395 g/mol. The summed E-state index contributed by atoms with van der Waals surface area (Å²) >= 11 is 0. The van der Waals surface area contributed by atoms with Gasteiger partial charge in [-0.15, -0.1) is 24.0 Å². The molecule has 0 aromatic rings. The van der Waals surface area contributed by atoms with Gasteiger partial charge in [0.25, 0.3) is 0 Å². The van der Waals surface area contributed by atoms with Gasteiger partial charge in [-0.05, 0) is 19.3 Å². The first-order valence-electron chi connectivity index (χ1n) is 7.49. The SMILES string of the molecule is CN=C(NC(C)C(C)C)NC1C2CCOC2C1(C)C.I. The van der Waals surface area contributed by atoms with Crippen molar-refractivity contribution in [1.29, 1.82) is 0 Å². The van der Waals surface area contributed by atoms with E-state index in [1.807, 2.05) is 7.05 Å². The van der Waals surface area contributed by atoms with Crippen molar-refractivity contribution in [2.24, 2.45) is 22.2 Å². The average molecular weight is 395 g/mol. The summed E-state index contributed by atoms with van der Waals surface area (Å²) in [5, 5.41) is 7.09. The molecule has 4 atom stereocenters. The molecule has 2 N–H and O–H groups in total. The molecule has 0 bridgehead atoms. The third-order valence-corrected chi connectivity index (χ3v) is 4.98. The quantitative estimate of drug-likeness (QED) is 0.439. The van der Waals surface area contributed by atoms with Crippen molar-refractivity contribution in [2.45, 2.75) is 59.2 Å². The summed E-state index contributed by atoms with van der Waals surface area (Å²) in [5.74, 6) is 2.16. The van der Waals surface area contributed by atoms with Gasteiger partial charge < -0.3 is 15.4 Å². The third kappa shape index (κ3) is 3.24. The molecule has 2 fully saturated rings. The van der Waals surface area contributed by atoms with Crippen molar-refractivity contribution in [2.75, 3.05) is 13.7 Å². The van der Waals surface area contributed by atoms with Gasteiger partial charge in [0.2, 0.25) is 0 Å². The second-order valence-electron chi connectivity index (χ2n) is 6.94. The number of hydrogen-bond donors (Lipinski definition) is 2. The van der Waals surface area contributed by atoms with Crippen LogP contribution in [0.1, 0.15) is 41.0 Å². The second kappa shape index (κ2) is 6.81. The predicted molar refractivity (Wildman–Crippen MR) is 94.8 cm³/mol. The number of ether oxygens (including phenoxy) is 1. The molecule has 1 saturated heterocycles. The lowest BCUT2D eigenvalue weighted by atomic mass is 9.57. The lowest BCUT2D eigenvalue weighted by Crippen LogP contribution is -2.68. The number of rotatable bonds is 3. The standard InChI is InChI=1S/C15H29N3O.HI/c1-9(2)10(3)17-14(16-6)18-12-11-7-8-19-13(11)15(12,4)5;/h9-13H,7-8H2,1-6H3,(H2,16,17,18);1H. The van der Waals surface area contributed by atoms with E-state index in [1.165, 1.54) is 6.42 Å². The van der Waals surface area contributed by atoms with Crippen LogP contribution in [0.15, 0.2) is 4.99 Å². The number of nitrogens with one attached hydrogen (secondary N) is 2. The molecule has 2 aliphatic rings. The zero-order valence-corrected chi connectivity index (χ0v) is 15.9. The van der Waals surface area contributed by atoms with Crippen molar-refractivity contribution in [1.82, 2.24) is 10.6 Å². The highest BCUT2D eigenvalue weighted by molar-refractivity contribution is 14.0. The van der Waals surface area contributed by atoms with Crippen LogP contribution >= 0.6 is 24.0 Å². The maximum Gasteiger partial charge on any atom is 0.191 e. The molecular weight excluding hydrogens is 365 g/mol. The van der Waals surface area contributed by atoms with E-state index >= 15 is 0 Å². The fraction of sp³-hybridized carbons (Fsp3) is 0.933. The van der Waals surface area contributed by atoms with E-state index in [1.54, 1.807) is 0 Å². The molecule has 1 heterocycles. The molecule has 0 spiro atoms. The van der Waals surface area contributed by atoms with Crippen LogP contribution in [-0.4, -0.2) is 37.8 Å². The summed E-state index contributed by atoms with van der Waals surface area (Å²) < 4.78 is 5.83. The molecule has 5 heteroatoms. The van der Waals surface area contributed by atoms with Crippen LogP contribution in [0.4, 0.5) is 0 Å². The molecule has 1 saturated carbocycles. The van der Waals surface area contributed by atoms with Crippen molar-refractivity contribution in [3.63, 3.8) is 0 Å². The van der Waals surface area contributed by atoms with Crippen LogP contribution in [0, 0.1) is 17.3 Å². The molecule has 4 unspecified atom stereocenters. The van der Waals surface area contributed by atoms with Crippen LogP contribution in [-0.2, 0) is 4.74 Å². The lowest BCUT2D eigenvalue weighted by Gasteiger charge is -2.55. The second-order valence-corrected chi connectivity index (χ2v) is 6.94. The molecule has 0 aromatic carbocycles. The van der Waals surface area contributed by atoms with Gasteiger partial charge in [0.15, 0.2) is 5.96 Å². The number of guanidine groups is 1. The molecule has 118 valence electrons. The number of aliphatic imine (C=N–C) groups is 1. The Balaban J connectivity index is 0.00000200. The number of hydrogen-bond acceptors (Lipinski definition) is 2. The Morgan fingerprint density at radius 2 is 1.95 bits per heavy atom. The molecule has 1 aliphatic heterocycles. The first kappa shape index (κ1) is 18.0. The Bertz CT molecular complexity index is 357. The summed E-state index contributed by atoms with van der Waals surface area (Å²) in [7, 11) is 1.84. The minimum Gasteiger partial charge on any atom is -0.377 e. The van der Waals surface area contributed by atoms with Crippen LogP contribution in [0.5, 0.6) is 0 Å². The molecule has 0 radical (unpaired) electrons. The van der Waals surface area contributed by atoms with Gasteiger partial charge in [-0.2, -0.15) is 0 Å². The van der Waals surface area contributed by atoms with E-state index in [4.69, 9.17) is 4.74 Å². The zero-order valence-electron chi connectivity index (χ0n) is 13.6. The van der Waals surface area contributed by atoms with Crippen LogP contribution in [0.25, 0.3) is 0 Å². The van der Waals surface area contributed by atoms with Crippen molar-refractivity contribution < 1.29 is 4.74 Å². The Kier molecular flexibility index (Phi) is 6.14. The molecule has 1 aliphatic carbocycles. The van der Waals surface area contributed by atoms with E-state index in [9.17, 15) is 0 Å². The summed E-state index contributed by atoms with van der Waals surface area (Å²) in [6, 6.07) is 0.885. The van der Waals surface area contributed by atoms with Gasteiger partial charge >= 0.3 is 0 Å². The molecule has 20 heavy (non-hydrogen) atoms. The van der Waals surface area contributed by atoms with Crippen molar-refractivity contribution in [3.8, 4) is 0 Å². The summed E-state index contributed by atoms with van der Waals surface area (Å²) in [6.45, 7) is 12.1. The highest BCUT2D eigenvalue weighted by Crippen LogP contribution is 2.52. The van der Waals surface area contributed by atoms with E-state index in [0.717, 1.165) is 12.6 Å². The van der Waals surface area contributed by atoms with Crippen molar-refractivity contribution >= 4 is 29.9 Å². The topological polar surface area (TPSA) is 45.7 Å². The zero-order chi connectivity index (χ0) is 14.2. The van der Waals surface area contributed by atoms with E-state index in [0.29, 0.717) is 30.0 Å². The van der Waals surface area contributed by atoms with Crippen LogP contribution in [0.3, 0.4) is 0 Å². The highest BCUT2D eigenvalue weighted by atomic mass is 127. The van der Waals surface area contributed by atoms with Gasteiger partial charge in [0.1, 0.15) is 0 Å². The number of fused-ring (bicyclic) bond motifs is 1. The molecule has 0 amide bonds. The van der Waals surface area contributed by atoms with Gasteiger partial charge in [0.05, 0.1) is 6.10 Å². The third-order valence-electron chi connectivity index (χ3n) is 4.98. The van der Waals surface area contributed by atoms with Gasteiger partial charge in [-0.25, -0.2) is 0 Å². The normalized spacial score (nSPS) is 33.0. The van der Waals surface area contributed by atoms with Gasteiger partial charge in [-0.3, -0.25) is 4.99 Å². The summed E-state index contributed by atoms with van der Waals surface area (Å²) in [6.07, 6.45) is 1.59.